The Morgan fingerprint density at radius 1 is 0.291 bits per heavy atom. The van der Waals surface area contributed by atoms with Gasteiger partial charge in [-0.3, -0.25) is 19.2 Å². The van der Waals surface area contributed by atoms with Crippen molar-refractivity contribution in [3.63, 3.8) is 0 Å². The average Bonchev–Trinajstić information content (AvgIpc) is 0.767. The van der Waals surface area contributed by atoms with Gasteiger partial charge < -0.3 is 190 Å². The van der Waals surface area contributed by atoms with Crippen LogP contribution in [0.4, 0.5) is 0 Å². The number of unbranched alkanes of at least 4 members (excludes halogenated alkanes) is 30. The van der Waals surface area contributed by atoms with E-state index in [1.165, 1.54) is 148 Å². The molecule has 0 aliphatic carbocycles. The van der Waals surface area contributed by atoms with Crippen molar-refractivity contribution in [3.05, 3.63) is 24.3 Å². The Balaban J connectivity index is 0.959. The molecule has 7 aliphatic heterocycles. The van der Waals surface area contributed by atoms with Gasteiger partial charge in [0.15, 0.2) is 44.0 Å². The monoisotopic (exact) mass is 1930 g/mol. The van der Waals surface area contributed by atoms with E-state index in [0.717, 1.165) is 72.1 Å². The van der Waals surface area contributed by atoms with E-state index >= 15 is 0 Å². The van der Waals surface area contributed by atoms with Gasteiger partial charge in [0.05, 0.1) is 65.0 Å². The molecule has 4 amide bonds. The van der Waals surface area contributed by atoms with Crippen LogP contribution in [0.2, 0.25) is 0 Å². The second-order valence-electron chi connectivity index (χ2n) is 36.7. The number of aliphatic hydroxyl groups is 20. The van der Waals surface area contributed by atoms with Gasteiger partial charge in [-0.25, -0.2) is 0 Å². The predicted molar refractivity (Wildman–Crippen MR) is 475 cm³/mol. The molecule has 14 unspecified atom stereocenters. The lowest BCUT2D eigenvalue weighted by molar-refractivity contribution is -0.388. The van der Waals surface area contributed by atoms with Crippen LogP contribution in [0.5, 0.6) is 0 Å². The first-order valence-corrected chi connectivity index (χ1v) is 49.1. The molecule has 0 bridgehead atoms. The second kappa shape index (κ2) is 63.1. The van der Waals surface area contributed by atoms with Crippen LogP contribution in [0, 0.1) is 0 Å². The summed E-state index contributed by atoms with van der Waals surface area (Å²) in [5.74, 6) is -2.92. The highest BCUT2D eigenvalue weighted by Crippen LogP contribution is 2.39. The van der Waals surface area contributed by atoms with Crippen LogP contribution in [-0.2, 0) is 85.5 Å². The van der Waals surface area contributed by atoms with E-state index < -0.39 is 297 Å². The van der Waals surface area contributed by atoms with Gasteiger partial charge in [-0.15, -0.1) is 0 Å². The maximum Gasteiger partial charge on any atom is 0.220 e. The normalized spacial score (nSPS) is 36.5. The van der Waals surface area contributed by atoms with E-state index in [1.807, 2.05) is 6.08 Å². The number of hydrogen-bond acceptors (Lipinski definition) is 38. The summed E-state index contributed by atoms with van der Waals surface area (Å²) >= 11 is 0. The molecular formula is C92H164N4O38. The second-order valence-corrected chi connectivity index (χ2v) is 36.7. The molecule has 0 radical (unpaired) electrons. The molecule has 0 aromatic carbocycles. The summed E-state index contributed by atoms with van der Waals surface area (Å²) in [5.41, 5.74) is 0. The van der Waals surface area contributed by atoms with Crippen molar-refractivity contribution in [1.82, 2.24) is 21.3 Å². The zero-order chi connectivity index (χ0) is 97.9. The summed E-state index contributed by atoms with van der Waals surface area (Å²) in [6, 6.07) is -6.46. The van der Waals surface area contributed by atoms with Gasteiger partial charge in [-0.1, -0.05) is 205 Å². The molecule has 24 N–H and O–H groups in total. The first kappa shape index (κ1) is 117. The minimum atomic E-state index is -2.32. The summed E-state index contributed by atoms with van der Waals surface area (Å²) in [5, 5.41) is 236. The van der Waals surface area contributed by atoms with Crippen molar-refractivity contribution in [2.24, 2.45) is 0 Å². The number of allylic oxidation sites excluding steroid dienone is 3. The van der Waals surface area contributed by atoms with Crippen molar-refractivity contribution in [3.8, 4) is 0 Å². The van der Waals surface area contributed by atoms with E-state index in [4.69, 9.17) is 66.3 Å². The molecule has 42 nitrogen and oxygen atoms in total. The van der Waals surface area contributed by atoms with E-state index in [2.05, 4.69) is 47.3 Å². The Morgan fingerprint density at radius 2 is 0.560 bits per heavy atom. The van der Waals surface area contributed by atoms with E-state index in [-0.39, 0.29) is 12.3 Å². The van der Waals surface area contributed by atoms with Gasteiger partial charge in [0.1, 0.15) is 171 Å². The van der Waals surface area contributed by atoms with Crippen molar-refractivity contribution in [1.29, 1.82) is 0 Å². The summed E-state index contributed by atoms with van der Waals surface area (Å²) in [4.78, 5) is 51.9. The van der Waals surface area contributed by atoms with Gasteiger partial charge >= 0.3 is 0 Å². The van der Waals surface area contributed by atoms with Crippen LogP contribution in [0.25, 0.3) is 0 Å². The van der Waals surface area contributed by atoms with Crippen molar-refractivity contribution in [2.75, 3.05) is 52.9 Å². The van der Waals surface area contributed by atoms with E-state index in [0.29, 0.717) is 12.8 Å². The molecule has 37 atom stereocenters. The lowest BCUT2D eigenvalue weighted by Crippen LogP contribution is -2.71. The number of hydrogen-bond donors (Lipinski definition) is 24. The molecule has 0 aromatic heterocycles. The fourth-order valence-corrected chi connectivity index (χ4v) is 18.1. The minimum Gasteiger partial charge on any atom is -0.394 e. The molecule has 780 valence electrons. The molecule has 0 spiro atoms. The molecule has 7 heterocycles. The molecule has 0 aromatic rings. The van der Waals surface area contributed by atoms with Crippen molar-refractivity contribution in [2.45, 2.75) is 480 Å². The summed E-state index contributed by atoms with van der Waals surface area (Å²) in [6.45, 7) is -0.210. The first-order chi connectivity index (χ1) is 64.4. The summed E-state index contributed by atoms with van der Waals surface area (Å²) in [6.07, 6.45) is -17.7. The standard InChI is InChI=1S/C92H164N4O38/c1-6-8-10-12-14-16-18-20-21-22-23-24-25-26-27-28-29-31-33-35-37-39-41-43-64(108)96-55(56(107)42-40-38-36-34-32-30-19-17-15-13-11-9-7-2)51-121-89-76(117)75(116)82(63(50-103)128-89)131-92-79(120)85(71(112)60(47-100)125-92)134-88-67(95-54(5)106)74(115)81(62(49-102)127-88)130-91-78(119)84(70(111)59(46-99)124-91)133-87-66(94-53(4)105)73(114)80(61(48-101)126-87)129-90-77(118)83(69(110)58(45-98)123-90)132-86-65(93-52(3)104)72(113)68(109)57(44-97)122-86/h20-21,40,42,55-63,65-92,97-103,107,109-120H,6-19,22-39,41,43-51H2,1-5H3,(H,93,104)(H,94,105)(H,95,106)(H,96,108)/b21-20-,42-40+/t55-,56+,57?,58?,59?,60?,61?,62?,63?,65?,66?,67?,68+,69-,70-,71-,72+,73+,74+,75+,76?,77?,78?,79?,80+,81+,82+,83-,84-,85-,86-,87-,88-,89+,90-,91-,92-/m0/s1. The number of rotatable bonds is 63. The van der Waals surface area contributed by atoms with E-state index in [9.17, 15) is 121 Å². The molecular weight excluding hydrogens is 1770 g/mol. The maximum atomic E-state index is 13.7. The quantitative estimate of drug-likeness (QED) is 0.0242. The molecule has 42 heteroatoms. The fraction of sp³-hybridized carbons (Fsp3) is 0.913. The topological polar surface area (TPSA) is 650 Å². The molecule has 7 aliphatic rings. The summed E-state index contributed by atoms with van der Waals surface area (Å²) in [7, 11) is 0. The SMILES string of the molecule is CCCCCCCC/C=C\CCCCCCCCCCCCCCCC(=O)N[C@@H](CO[C@@H]1OC(CO)[C@@H](O[C@@H]2OC(CO)[C@H](O)[C@H](O[C@@H]3OC(CO)[C@@H](O[C@@H]4OC(CO)[C@H](O)[C@H](O[C@@H]5OC(CO)[C@@H](O[C@@H]6OC(CO)[C@H](O)[C@H](O[C@@H]7OC(CO)[C@@H](O)[C@H](O)C7NC(C)=O)C6O)[C@H](O)C5NC(C)=O)C4O)[C@H](O)C3NC(C)=O)C2O)[C@H](O)C1O)[C@H](O)/C=C/CCCCCCCCCCCCC. The smallest absolute Gasteiger partial charge is 0.220 e. The highest BCUT2D eigenvalue weighted by Gasteiger charge is 2.60. The summed E-state index contributed by atoms with van der Waals surface area (Å²) < 4.78 is 83.3. The minimum absolute atomic E-state index is 0.160. The van der Waals surface area contributed by atoms with Gasteiger partial charge in [0.25, 0.3) is 0 Å². The average molecular weight is 1930 g/mol. The fourth-order valence-electron chi connectivity index (χ4n) is 18.1. The molecule has 7 fully saturated rings. The molecule has 7 saturated heterocycles. The van der Waals surface area contributed by atoms with Gasteiger partial charge in [-0.2, -0.15) is 0 Å². The third-order valence-corrected chi connectivity index (χ3v) is 25.9. The van der Waals surface area contributed by atoms with Crippen LogP contribution < -0.4 is 21.3 Å². The number of amides is 4. The lowest BCUT2D eigenvalue weighted by atomic mass is 9.93. The Morgan fingerprint density at radius 3 is 0.888 bits per heavy atom. The highest BCUT2D eigenvalue weighted by atomic mass is 16.8. The van der Waals surface area contributed by atoms with Crippen LogP contribution in [0.1, 0.15) is 253 Å². The van der Waals surface area contributed by atoms with E-state index in [1.54, 1.807) is 6.08 Å². The molecule has 134 heavy (non-hydrogen) atoms. The third kappa shape index (κ3) is 36.1. The Bertz CT molecular complexity index is 3260. The van der Waals surface area contributed by atoms with Gasteiger partial charge in [0, 0.05) is 27.2 Å². The lowest BCUT2D eigenvalue weighted by Gasteiger charge is -2.51. The van der Waals surface area contributed by atoms with Crippen LogP contribution >= 0.6 is 0 Å². The number of nitrogens with one attached hydrogen (secondary N) is 4. The third-order valence-electron chi connectivity index (χ3n) is 25.9. The largest absolute Gasteiger partial charge is 0.394 e. The highest BCUT2D eigenvalue weighted by molar-refractivity contribution is 5.76. The predicted octanol–water partition coefficient (Wildman–Crippen LogP) is -1.56. The number of ether oxygens (including phenoxy) is 14. The van der Waals surface area contributed by atoms with Crippen LogP contribution in [0.15, 0.2) is 24.3 Å². The number of aliphatic hydroxyl groups excluding tert-OH is 20. The van der Waals surface area contributed by atoms with Crippen LogP contribution in [0.3, 0.4) is 0 Å². The zero-order valence-corrected chi connectivity index (χ0v) is 78.7. The molecule has 7 rings (SSSR count). The Hall–Kier alpha value is -4.00. The number of carbonyl (C=O) groups is 4. The van der Waals surface area contributed by atoms with Gasteiger partial charge in [0.2, 0.25) is 23.6 Å². The van der Waals surface area contributed by atoms with Crippen molar-refractivity contribution >= 4 is 23.6 Å². The Labute approximate surface area is 786 Å². The molecule has 0 saturated carbocycles. The van der Waals surface area contributed by atoms with Crippen LogP contribution in [-0.4, -0.2) is 406 Å². The van der Waals surface area contributed by atoms with Crippen molar-refractivity contribution < 1.29 is 188 Å². The van der Waals surface area contributed by atoms with Gasteiger partial charge in [-0.05, 0) is 44.9 Å². The number of carbonyl (C=O) groups excluding carboxylic acids is 4. The maximum absolute atomic E-state index is 13.7. The zero-order valence-electron chi connectivity index (χ0n) is 78.7. The Kier molecular flexibility index (Phi) is 55.1. The first-order valence-electron chi connectivity index (χ1n) is 49.1.